The Morgan fingerprint density at radius 3 is 2.64 bits per heavy atom. The molecule has 2 aliphatic heterocycles. The summed E-state index contributed by atoms with van der Waals surface area (Å²) in [5.74, 6) is 0. The molecule has 4 heterocycles. The molecule has 0 unspecified atom stereocenters. The highest BCUT2D eigenvalue weighted by Gasteiger charge is 2.29. The third-order valence-corrected chi connectivity index (χ3v) is 6.94. The summed E-state index contributed by atoms with van der Waals surface area (Å²) in [6, 6.07) is 7.48. The molecule has 2 aliphatic rings. The average molecular weight is 396 g/mol. The van der Waals surface area contributed by atoms with Gasteiger partial charge in [-0.25, -0.2) is 15.0 Å². The summed E-state index contributed by atoms with van der Waals surface area (Å²) in [6.45, 7) is 4.76. The maximum absolute atomic E-state index is 5.05. The summed E-state index contributed by atoms with van der Waals surface area (Å²) in [6.07, 6.45) is 8.97. The Morgan fingerprint density at radius 1 is 1.04 bits per heavy atom. The fourth-order valence-electron chi connectivity index (χ4n) is 4.30. The Kier molecular flexibility index (Phi) is 4.86. The number of piperidine rings is 1. The zero-order valence-electron chi connectivity index (χ0n) is 16.2. The van der Waals surface area contributed by atoms with E-state index in [0.717, 1.165) is 34.9 Å². The topological polar surface area (TPSA) is 54.4 Å². The number of thiazole rings is 1. The van der Waals surface area contributed by atoms with E-state index in [1.54, 1.807) is 30.8 Å². The average Bonchev–Trinajstić information content (AvgIpc) is 3.41. The molecule has 2 fully saturated rings. The molecule has 0 aliphatic carbocycles. The summed E-state index contributed by atoms with van der Waals surface area (Å²) in [5.41, 5.74) is 3.17. The first-order valence-corrected chi connectivity index (χ1v) is 10.9. The van der Waals surface area contributed by atoms with Gasteiger partial charge in [0.1, 0.15) is 0 Å². The number of benzene rings is 1. The molecule has 5 rings (SSSR count). The predicted molar refractivity (Wildman–Crippen MR) is 113 cm³/mol. The molecule has 1 atom stereocenters. The molecule has 28 heavy (non-hydrogen) atoms. The number of fused-ring (bicyclic) bond motifs is 1. The van der Waals surface area contributed by atoms with Gasteiger partial charge in [0.05, 0.1) is 17.3 Å². The van der Waals surface area contributed by atoms with Crippen LogP contribution in [0.5, 0.6) is 6.01 Å². The van der Waals surface area contributed by atoms with Gasteiger partial charge in [0.25, 0.3) is 0 Å². The predicted octanol–water partition coefficient (Wildman–Crippen LogP) is 3.83. The highest BCUT2D eigenvalue weighted by molar-refractivity contribution is 7.22. The summed E-state index contributed by atoms with van der Waals surface area (Å²) in [7, 11) is 1.58. The van der Waals surface area contributed by atoms with E-state index in [1.807, 2.05) is 0 Å². The second-order valence-electron chi connectivity index (χ2n) is 7.62. The molecule has 2 saturated heterocycles. The van der Waals surface area contributed by atoms with Crippen LogP contribution in [-0.4, -0.2) is 59.2 Å². The van der Waals surface area contributed by atoms with E-state index in [9.17, 15) is 0 Å². The summed E-state index contributed by atoms with van der Waals surface area (Å²) in [4.78, 5) is 18.5. The van der Waals surface area contributed by atoms with Crippen molar-refractivity contribution in [1.29, 1.82) is 0 Å². The standard InChI is InChI=1S/C21H25N5OS/c1-27-20-22-12-16(13-23-20)15-5-6-18-19(11-15)28-21(24-18)26-10-7-17(14-26)25-8-3-2-4-9-25/h5-6,11-13,17H,2-4,7-10,14H2,1H3/t17-/m1/s1. The molecule has 3 aromatic rings. The third kappa shape index (κ3) is 3.44. The Morgan fingerprint density at radius 2 is 1.86 bits per heavy atom. The quantitative estimate of drug-likeness (QED) is 0.669. The van der Waals surface area contributed by atoms with Crippen LogP contribution in [0.2, 0.25) is 0 Å². The first kappa shape index (κ1) is 17.8. The molecular weight excluding hydrogens is 370 g/mol. The lowest BCUT2D eigenvalue weighted by Crippen LogP contribution is -2.40. The van der Waals surface area contributed by atoms with Gasteiger partial charge < -0.3 is 9.64 Å². The second-order valence-corrected chi connectivity index (χ2v) is 8.63. The minimum Gasteiger partial charge on any atom is -0.467 e. The summed E-state index contributed by atoms with van der Waals surface area (Å²) >= 11 is 1.79. The highest BCUT2D eigenvalue weighted by Crippen LogP contribution is 2.34. The van der Waals surface area contributed by atoms with Gasteiger partial charge >= 0.3 is 6.01 Å². The Labute approximate surface area is 169 Å². The molecule has 0 bridgehead atoms. The molecule has 0 amide bonds. The summed E-state index contributed by atoms with van der Waals surface area (Å²) < 4.78 is 6.26. The molecule has 146 valence electrons. The van der Waals surface area contributed by atoms with Crippen molar-refractivity contribution < 1.29 is 4.74 Å². The fourth-order valence-corrected chi connectivity index (χ4v) is 5.33. The first-order chi connectivity index (χ1) is 13.8. The summed E-state index contributed by atoms with van der Waals surface area (Å²) in [5, 5.41) is 1.15. The molecule has 0 spiro atoms. The van der Waals surface area contributed by atoms with E-state index >= 15 is 0 Å². The fraction of sp³-hybridized carbons (Fsp3) is 0.476. The van der Waals surface area contributed by atoms with Crippen LogP contribution in [-0.2, 0) is 0 Å². The van der Waals surface area contributed by atoms with Gasteiger partial charge in [0.15, 0.2) is 5.13 Å². The zero-order valence-corrected chi connectivity index (χ0v) is 17.0. The van der Waals surface area contributed by atoms with Crippen LogP contribution >= 0.6 is 11.3 Å². The van der Waals surface area contributed by atoms with Crippen LogP contribution in [0.4, 0.5) is 5.13 Å². The van der Waals surface area contributed by atoms with Gasteiger partial charge in [-0.2, -0.15) is 0 Å². The van der Waals surface area contributed by atoms with E-state index in [0.29, 0.717) is 12.1 Å². The molecule has 0 radical (unpaired) electrons. The van der Waals surface area contributed by atoms with Crippen molar-refractivity contribution in [2.75, 3.05) is 38.2 Å². The number of nitrogens with zero attached hydrogens (tertiary/aromatic N) is 5. The minimum atomic E-state index is 0.391. The number of aromatic nitrogens is 3. The van der Waals surface area contributed by atoms with Crippen LogP contribution < -0.4 is 9.64 Å². The maximum Gasteiger partial charge on any atom is 0.316 e. The van der Waals surface area contributed by atoms with E-state index in [4.69, 9.17) is 9.72 Å². The van der Waals surface area contributed by atoms with Crippen molar-refractivity contribution in [1.82, 2.24) is 19.9 Å². The van der Waals surface area contributed by atoms with Crippen LogP contribution in [0.1, 0.15) is 25.7 Å². The monoisotopic (exact) mass is 395 g/mol. The smallest absolute Gasteiger partial charge is 0.316 e. The van der Waals surface area contributed by atoms with Crippen LogP contribution in [0.15, 0.2) is 30.6 Å². The molecule has 7 heteroatoms. The van der Waals surface area contributed by atoms with E-state index in [-0.39, 0.29) is 0 Å². The van der Waals surface area contributed by atoms with Crippen molar-refractivity contribution in [2.24, 2.45) is 0 Å². The lowest BCUT2D eigenvalue weighted by Gasteiger charge is -2.32. The zero-order chi connectivity index (χ0) is 18.9. The van der Waals surface area contributed by atoms with Crippen LogP contribution in [0.3, 0.4) is 0 Å². The van der Waals surface area contributed by atoms with Gasteiger partial charge in [-0.1, -0.05) is 23.8 Å². The Bertz CT molecular complexity index is 951. The van der Waals surface area contributed by atoms with Gasteiger partial charge in [0.2, 0.25) is 0 Å². The van der Waals surface area contributed by atoms with Gasteiger partial charge in [-0.15, -0.1) is 0 Å². The number of hydrogen-bond donors (Lipinski definition) is 0. The molecule has 1 aromatic carbocycles. The lowest BCUT2D eigenvalue weighted by molar-refractivity contribution is 0.175. The van der Waals surface area contributed by atoms with Gasteiger partial charge in [-0.3, -0.25) is 4.90 Å². The lowest BCUT2D eigenvalue weighted by atomic mass is 10.1. The Balaban J connectivity index is 1.35. The van der Waals surface area contributed by atoms with Crippen molar-refractivity contribution in [2.45, 2.75) is 31.7 Å². The largest absolute Gasteiger partial charge is 0.467 e. The van der Waals surface area contributed by atoms with Crippen molar-refractivity contribution in [3.63, 3.8) is 0 Å². The van der Waals surface area contributed by atoms with Crippen LogP contribution in [0.25, 0.3) is 21.3 Å². The van der Waals surface area contributed by atoms with Gasteiger partial charge in [0, 0.05) is 37.1 Å². The number of hydrogen-bond acceptors (Lipinski definition) is 7. The van der Waals surface area contributed by atoms with Crippen molar-refractivity contribution in [3.8, 4) is 17.1 Å². The highest BCUT2D eigenvalue weighted by atomic mass is 32.1. The maximum atomic E-state index is 5.05. The third-order valence-electron chi connectivity index (χ3n) is 5.86. The second kappa shape index (κ2) is 7.64. The first-order valence-electron chi connectivity index (χ1n) is 10.1. The van der Waals surface area contributed by atoms with E-state index in [2.05, 4.69) is 38.0 Å². The number of anilines is 1. The molecule has 2 aromatic heterocycles. The molecule has 0 N–H and O–H groups in total. The van der Waals surface area contributed by atoms with Crippen LogP contribution in [0, 0.1) is 0 Å². The number of methoxy groups -OCH3 is 1. The molecule has 6 nitrogen and oxygen atoms in total. The Hall–Kier alpha value is -2.25. The number of ether oxygens (including phenoxy) is 1. The number of likely N-dealkylation sites (tertiary alicyclic amines) is 1. The van der Waals surface area contributed by atoms with E-state index < -0.39 is 0 Å². The van der Waals surface area contributed by atoms with Crippen molar-refractivity contribution in [3.05, 3.63) is 30.6 Å². The van der Waals surface area contributed by atoms with Gasteiger partial charge in [-0.05, 0) is 50.0 Å². The normalized spacial score (nSPS) is 20.8. The van der Waals surface area contributed by atoms with Crippen molar-refractivity contribution >= 4 is 26.7 Å². The minimum absolute atomic E-state index is 0.391. The molecule has 0 saturated carbocycles. The SMILES string of the molecule is COc1ncc(-c2ccc3nc(N4CC[C@@H](N5CCCCC5)C4)sc3c2)cn1. The molecular formula is C21H25N5OS. The van der Waals surface area contributed by atoms with E-state index in [1.165, 1.54) is 43.5 Å². The number of rotatable bonds is 4.